The molecule has 1 fully saturated rings. The molecule has 0 radical (unpaired) electrons. The van der Waals surface area contributed by atoms with Gasteiger partial charge in [-0.25, -0.2) is 22.4 Å². The highest BCUT2D eigenvalue weighted by Crippen LogP contribution is 2.23. The molecule has 0 amide bonds. The average molecular weight is 507 g/mol. The molecule has 2 aromatic rings. The van der Waals surface area contributed by atoms with Gasteiger partial charge in [-0.15, -0.1) is 0 Å². The number of hydrogen-bond acceptors (Lipinski definition) is 9. The highest BCUT2D eigenvalue weighted by molar-refractivity contribution is 9.10. The number of sulfonamides is 1. The van der Waals surface area contributed by atoms with Crippen molar-refractivity contribution < 1.29 is 27.4 Å². The highest BCUT2D eigenvalue weighted by Gasteiger charge is 2.24. The van der Waals surface area contributed by atoms with Crippen molar-refractivity contribution in [2.45, 2.75) is 6.42 Å². The van der Waals surface area contributed by atoms with E-state index in [1.165, 1.54) is 22.5 Å². The SMILES string of the molecule is O=S(=O)(CCCNc1nonc1C(=Nc1ccc(F)c(Br)c1)NO)N1CCOCC1. The number of morpholine rings is 1. The fraction of sp³-hybridized carbons (Fsp3) is 0.438. The van der Waals surface area contributed by atoms with E-state index in [1.54, 1.807) is 0 Å². The fourth-order valence-corrected chi connectivity index (χ4v) is 4.53. The van der Waals surface area contributed by atoms with Crippen molar-refractivity contribution >= 4 is 43.3 Å². The Morgan fingerprint density at radius 3 is 2.80 bits per heavy atom. The van der Waals surface area contributed by atoms with Gasteiger partial charge in [0, 0.05) is 19.6 Å². The van der Waals surface area contributed by atoms with Gasteiger partial charge in [0.05, 0.1) is 29.1 Å². The lowest BCUT2D eigenvalue weighted by molar-refractivity contribution is 0.0730. The second-order valence-electron chi connectivity index (χ2n) is 6.24. The van der Waals surface area contributed by atoms with Crippen LogP contribution in [0.3, 0.4) is 0 Å². The number of nitrogens with zero attached hydrogens (tertiary/aromatic N) is 4. The van der Waals surface area contributed by atoms with Gasteiger partial charge in [-0.3, -0.25) is 10.7 Å². The molecule has 1 aliphatic heterocycles. The van der Waals surface area contributed by atoms with Crippen molar-refractivity contribution in [2.24, 2.45) is 4.99 Å². The number of aromatic nitrogens is 2. The van der Waals surface area contributed by atoms with E-state index in [2.05, 4.69) is 36.6 Å². The third-order valence-corrected chi connectivity index (χ3v) is 6.76. The average Bonchev–Trinajstić information content (AvgIpc) is 3.21. The number of amidine groups is 1. The normalized spacial score (nSPS) is 15.9. The maximum Gasteiger partial charge on any atom is 0.214 e. The van der Waals surface area contributed by atoms with Crippen molar-refractivity contribution in [3.63, 3.8) is 0 Å². The summed E-state index contributed by atoms with van der Waals surface area (Å²) in [4.78, 5) is 4.15. The first-order chi connectivity index (χ1) is 14.4. The maximum atomic E-state index is 13.4. The van der Waals surface area contributed by atoms with Crippen molar-refractivity contribution in [1.29, 1.82) is 0 Å². The van der Waals surface area contributed by atoms with Crippen molar-refractivity contribution in [2.75, 3.05) is 43.9 Å². The quantitative estimate of drug-likeness (QED) is 0.210. The molecule has 11 nitrogen and oxygen atoms in total. The molecule has 0 unspecified atom stereocenters. The van der Waals surface area contributed by atoms with E-state index < -0.39 is 15.8 Å². The number of hydroxylamine groups is 1. The molecule has 0 saturated carbocycles. The van der Waals surface area contributed by atoms with E-state index >= 15 is 0 Å². The van der Waals surface area contributed by atoms with E-state index in [9.17, 15) is 18.0 Å². The molecular formula is C16H20BrFN6O5S. The van der Waals surface area contributed by atoms with Crippen LogP contribution in [0.25, 0.3) is 0 Å². The van der Waals surface area contributed by atoms with Crippen molar-refractivity contribution in [3.8, 4) is 0 Å². The Morgan fingerprint density at radius 1 is 1.33 bits per heavy atom. The Labute approximate surface area is 180 Å². The molecule has 1 saturated heterocycles. The summed E-state index contributed by atoms with van der Waals surface area (Å²) < 4.78 is 49.5. The molecule has 0 bridgehead atoms. The van der Waals surface area contributed by atoms with Crippen LogP contribution in [0.4, 0.5) is 15.9 Å². The summed E-state index contributed by atoms with van der Waals surface area (Å²) in [6.07, 6.45) is 0.315. The number of nitrogens with one attached hydrogen (secondary N) is 2. The molecule has 30 heavy (non-hydrogen) atoms. The molecule has 1 aromatic carbocycles. The van der Waals surface area contributed by atoms with E-state index in [1.807, 2.05) is 5.48 Å². The summed E-state index contributed by atoms with van der Waals surface area (Å²) >= 11 is 3.06. The first-order valence-corrected chi connectivity index (χ1v) is 11.4. The lowest BCUT2D eigenvalue weighted by Gasteiger charge is -2.26. The third-order valence-electron chi connectivity index (χ3n) is 4.20. The minimum atomic E-state index is -3.36. The Bertz CT molecular complexity index is 996. The number of ether oxygens (including phenoxy) is 1. The van der Waals surface area contributed by atoms with Gasteiger partial charge >= 0.3 is 0 Å². The lowest BCUT2D eigenvalue weighted by Crippen LogP contribution is -2.42. The Kier molecular flexibility index (Phi) is 7.71. The second-order valence-corrected chi connectivity index (χ2v) is 9.18. The standard InChI is InChI=1S/C16H20BrFN6O5S/c17-12-10-11(2-3-13(12)18)20-16(21-25)14-15(23-29-22-14)19-4-1-9-30(26,27)24-5-7-28-8-6-24/h2-3,10,25H,1,4-9H2,(H,19,23)(H,20,21). The van der Waals surface area contributed by atoms with Crippen LogP contribution in [0, 0.1) is 5.82 Å². The van der Waals surface area contributed by atoms with Crippen LogP contribution in [0.2, 0.25) is 0 Å². The minimum absolute atomic E-state index is 0.0383. The smallest absolute Gasteiger partial charge is 0.214 e. The molecule has 3 N–H and O–H groups in total. The molecule has 0 aliphatic carbocycles. The Balaban J connectivity index is 1.61. The van der Waals surface area contributed by atoms with Gasteiger partial charge in [0.1, 0.15) is 5.82 Å². The molecule has 0 atom stereocenters. The Morgan fingerprint density at radius 2 is 2.10 bits per heavy atom. The molecular weight excluding hydrogens is 487 g/mol. The number of hydrogen-bond donors (Lipinski definition) is 3. The molecule has 1 aromatic heterocycles. The van der Waals surface area contributed by atoms with Gasteiger partial charge in [0.2, 0.25) is 15.8 Å². The van der Waals surface area contributed by atoms with Crippen molar-refractivity contribution in [3.05, 3.63) is 34.2 Å². The van der Waals surface area contributed by atoms with E-state index in [4.69, 9.17) is 9.37 Å². The van der Waals surface area contributed by atoms with Crippen LogP contribution in [0.5, 0.6) is 0 Å². The van der Waals surface area contributed by atoms with E-state index in [0.29, 0.717) is 38.4 Å². The topological polar surface area (TPSA) is 142 Å². The maximum absolute atomic E-state index is 13.4. The fourth-order valence-electron chi connectivity index (χ4n) is 2.69. The minimum Gasteiger partial charge on any atom is -0.379 e. The van der Waals surface area contributed by atoms with E-state index in [-0.39, 0.29) is 34.1 Å². The summed E-state index contributed by atoms with van der Waals surface area (Å²) in [5.74, 6) is -0.410. The summed E-state index contributed by atoms with van der Waals surface area (Å²) in [6.45, 7) is 1.77. The van der Waals surface area contributed by atoms with Crippen LogP contribution in [-0.4, -0.2) is 72.7 Å². The number of rotatable bonds is 8. The van der Waals surface area contributed by atoms with Crippen LogP contribution in [-0.2, 0) is 14.8 Å². The molecule has 164 valence electrons. The predicted octanol–water partition coefficient (Wildman–Crippen LogP) is 1.49. The molecule has 0 spiro atoms. The molecule has 2 heterocycles. The summed E-state index contributed by atoms with van der Waals surface area (Å²) in [5, 5.41) is 19.7. The van der Waals surface area contributed by atoms with Gasteiger partial charge in [0.25, 0.3) is 0 Å². The number of aliphatic imine (C=N–C) groups is 1. The van der Waals surface area contributed by atoms with Crippen LogP contribution in [0.1, 0.15) is 12.1 Å². The van der Waals surface area contributed by atoms with Gasteiger partial charge in [-0.05, 0) is 50.9 Å². The zero-order chi connectivity index (χ0) is 21.6. The monoisotopic (exact) mass is 506 g/mol. The zero-order valence-electron chi connectivity index (χ0n) is 15.7. The molecule has 14 heteroatoms. The summed E-state index contributed by atoms with van der Waals surface area (Å²) in [5.41, 5.74) is 2.33. The molecule has 3 rings (SSSR count). The predicted molar refractivity (Wildman–Crippen MR) is 109 cm³/mol. The largest absolute Gasteiger partial charge is 0.379 e. The van der Waals surface area contributed by atoms with Crippen molar-refractivity contribution in [1.82, 2.24) is 20.1 Å². The van der Waals surface area contributed by atoms with Gasteiger partial charge in [-0.2, -0.15) is 4.31 Å². The van der Waals surface area contributed by atoms with Gasteiger partial charge < -0.3 is 10.1 Å². The zero-order valence-corrected chi connectivity index (χ0v) is 18.1. The van der Waals surface area contributed by atoms with E-state index in [0.717, 1.165) is 0 Å². The molecule has 1 aliphatic rings. The van der Waals surface area contributed by atoms with Crippen LogP contribution >= 0.6 is 15.9 Å². The second kappa shape index (κ2) is 10.3. The number of benzene rings is 1. The summed E-state index contributed by atoms with van der Waals surface area (Å²) in [6, 6.07) is 4.05. The number of halogens is 2. The highest BCUT2D eigenvalue weighted by atomic mass is 79.9. The first-order valence-electron chi connectivity index (χ1n) is 8.97. The lowest BCUT2D eigenvalue weighted by atomic mass is 10.3. The van der Waals surface area contributed by atoms with Gasteiger partial charge in [0.15, 0.2) is 11.5 Å². The first kappa shape index (κ1) is 22.6. The summed E-state index contributed by atoms with van der Waals surface area (Å²) in [7, 11) is -3.36. The third kappa shape index (κ3) is 5.72. The van der Waals surface area contributed by atoms with Crippen LogP contribution < -0.4 is 10.8 Å². The number of anilines is 1. The van der Waals surface area contributed by atoms with Crippen LogP contribution in [0.15, 0.2) is 32.3 Å². The Hall–Kier alpha value is -2.13. The van der Waals surface area contributed by atoms with Gasteiger partial charge in [-0.1, -0.05) is 0 Å².